The molecule has 2 aliphatic heterocycles. The molecule has 30 heavy (non-hydrogen) atoms. The lowest BCUT2D eigenvalue weighted by Gasteiger charge is -2.26. The Labute approximate surface area is 175 Å². The van der Waals surface area contributed by atoms with Crippen LogP contribution in [0, 0.1) is 5.82 Å². The predicted molar refractivity (Wildman–Crippen MR) is 112 cm³/mol. The zero-order chi connectivity index (χ0) is 20.9. The minimum absolute atomic E-state index is 0.0441. The monoisotopic (exact) mass is 411 g/mol. The molecular weight excluding hydrogens is 385 g/mol. The molecule has 1 N–H and O–H groups in total. The number of anilines is 1. The summed E-state index contributed by atoms with van der Waals surface area (Å²) < 4.78 is 18.8. The molecule has 1 saturated heterocycles. The number of nitrogens with one attached hydrogen (secondary N) is 1. The summed E-state index contributed by atoms with van der Waals surface area (Å²) in [5, 5.41) is 2.96. The summed E-state index contributed by atoms with van der Waals surface area (Å²) in [7, 11) is 0. The Hall–Kier alpha value is -2.77. The third-order valence-electron chi connectivity index (χ3n) is 5.55. The molecule has 4 rings (SSSR count). The van der Waals surface area contributed by atoms with Gasteiger partial charge in [0.2, 0.25) is 5.91 Å². The first-order chi connectivity index (χ1) is 14.6. The topological polar surface area (TPSA) is 61.9 Å². The molecule has 2 aromatic carbocycles. The third kappa shape index (κ3) is 4.86. The minimum atomic E-state index is -0.319. The summed E-state index contributed by atoms with van der Waals surface area (Å²) in [6.07, 6.45) is 1.14. The van der Waals surface area contributed by atoms with Gasteiger partial charge in [0.1, 0.15) is 5.82 Å². The van der Waals surface area contributed by atoms with Crippen molar-refractivity contribution in [1.29, 1.82) is 0 Å². The number of nitrogens with zero attached hydrogens (tertiary/aromatic N) is 2. The fourth-order valence-electron chi connectivity index (χ4n) is 3.95. The van der Waals surface area contributed by atoms with Crippen LogP contribution in [0.2, 0.25) is 0 Å². The van der Waals surface area contributed by atoms with Gasteiger partial charge in [-0.1, -0.05) is 12.1 Å². The van der Waals surface area contributed by atoms with Gasteiger partial charge in [0, 0.05) is 30.9 Å². The molecule has 2 amide bonds. The molecule has 7 heteroatoms. The maximum absolute atomic E-state index is 13.5. The number of halogens is 1. The van der Waals surface area contributed by atoms with Crippen LogP contribution in [0.1, 0.15) is 27.9 Å². The number of rotatable bonds is 7. The van der Waals surface area contributed by atoms with Crippen LogP contribution in [0.5, 0.6) is 0 Å². The van der Waals surface area contributed by atoms with Crippen molar-refractivity contribution in [3.63, 3.8) is 0 Å². The van der Waals surface area contributed by atoms with E-state index in [-0.39, 0.29) is 24.1 Å². The maximum Gasteiger partial charge on any atom is 0.251 e. The van der Waals surface area contributed by atoms with Gasteiger partial charge in [-0.2, -0.15) is 0 Å². The van der Waals surface area contributed by atoms with E-state index in [9.17, 15) is 14.0 Å². The van der Waals surface area contributed by atoms with Gasteiger partial charge in [-0.25, -0.2) is 4.39 Å². The van der Waals surface area contributed by atoms with E-state index in [2.05, 4.69) is 10.2 Å². The molecule has 0 radical (unpaired) electrons. The molecule has 0 bridgehead atoms. The highest BCUT2D eigenvalue weighted by Gasteiger charge is 2.28. The van der Waals surface area contributed by atoms with Gasteiger partial charge >= 0.3 is 0 Å². The van der Waals surface area contributed by atoms with E-state index in [1.807, 2.05) is 6.07 Å². The number of fused-ring (bicyclic) bond motifs is 1. The van der Waals surface area contributed by atoms with Crippen molar-refractivity contribution in [2.24, 2.45) is 0 Å². The van der Waals surface area contributed by atoms with Crippen LogP contribution in [0.4, 0.5) is 10.1 Å². The molecule has 0 aliphatic carbocycles. The van der Waals surface area contributed by atoms with Crippen molar-refractivity contribution in [3.05, 3.63) is 65.0 Å². The fraction of sp³-hybridized carbons (Fsp3) is 0.391. The predicted octanol–water partition coefficient (Wildman–Crippen LogP) is 2.37. The molecule has 158 valence electrons. The van der Waals surface area contributed by atoms with E-state index < -0.39 is 0 Å². The van der Waals surface area contributed by atoms with E-state index in [0.717, 1.165) is 56.1 Å². The summed E-state index contributed by atoms with van der Waals surface area (Å²) in [4.78, 5) is 29.0. The molecule has 6 nitrogen and oxygen atoms in total. The van der Waals surface area contributed by atoms with Gasteiger partial charge in [-0.15, -0.1) is 0 Å². The van der Waals surface area contributed by atoms with Crippen molar-refractivity contribution >= 4 is 17.5 Å². The number of carbonyl (C=O) groups is 2. The number of benzene rings is 2. The Balaban J connectivity index is 1.33. The zero-order valence-electron chi connectivity index (χ0n) is 16.9. The summed E-state index contributed by atoms with van der Waals surface area (Å²) in [6.45, 7) is 5.30. The molecular formula is C23H26FN3O3. The average Bonchev–Trinajstić information content (AvgIpc) is 3.06. The summed E-state index contributed by atoms with van der Waals surface area (Å²) in [5.41, 5.74) is 2.91. The number of ether oxygens (including phenoxy) is 1. The third-order valence-corrected chi connectivity index (χ3v) is 5.55. The van der Waals surface area contributed by atoms with Crippen LogP contribution < -0.4 is 10.2 Å². The SMILES string of the molecule is O=C(NCCCN1CCOCC1)c1ccc2c(c1)CC(=O)N2Cc1cccc(F)c1. The van der Waals surface area contributed by atoms with Gasteiger partial charge in [0.05, 0.1) is 26.2 Å². The number of carbonyl (C=O) groups excluding carboxylic acids is 2. The van der Waals surface area contributed by atoms with Crippen LogP contribution in [0.3, 0.4) is 0 Å². The quantitative estimate of drug-likeness (QED) is 0.711. The zero-order valence-corrected chi connectivity index (χ0v) is 16.9. The number of morpholine rings is 1. The van der Waals surface area contributed by atoms with Crippen molar-refractivity contribution in [2.75, 3.05) is 44.3 Å². The highest BCUT2D eigenvalue weighted by Crippen LogP contribution is 2.31. The van der Waals surface area contributed by atoms with E-state index >= 15 is 0 Å². The molecule has 0 atom stereocenters. The molecule has 2 aliphatic rings. The largest absolute Gasteiger partial charge is 0.379 e. The van der Waals surface area contributed by atoms with Gasteiger partial charge in [-0.3, -0.25) is 14.5 Å². The second kappa shape index (κ2) is 9.36. The maximum atomic E-state index is 13.5. The van der Waals surface area contributed by atoms with Crippen molar-refractivity contribution in [2.45, 2.75) is 19.4 Å². The molecule has 0 unspecified atom stereocenters. The highest BCUT2D eigenvalue weighted by atomic mass is 19.1. The van der Waals surface area contributed by atoms with Crippen LogP contribution >= 0.6 is 0 Å². The standard InChI is InChI=1S/C23H26FN3O3/c24-20-4-1-3-17(13-20)16-27-21-6-5-18(14-19(21)15-22(27)28)23(29)25-7-2-8-26-9-11-30-12-10-26/h1,3-6,13-14H,2,7-12,15-16H2,(H,25,29). The van der Waals surface area contributed by atoms with E-state index in [1.54, 1.807) is 29.2 Å². The Morgan fingerprint density at radius 3 is 2.77 bits per heavy atom. The van der Waals surface area contributed by atoms with Crippen LogP contribution in [0.15, 0.2) is 42.5 Å². The minimum Gasteiger partial charge on any atom is -0.379 e. The highest BCUT2D eigenvalue weighted by molar-refractivity contribution is 6.03. The molecule has 0 spiro atoms. The summed E-state index contributed by atoms with van der Waals surface area (Å²) >= 11 is 0. The normalized spacial score (nSPS) is 16.6. The Morgan fingerprint density at radius 1 is 1.13 bits per heavy atom. The summed E-state index contributed by atoms with van der Waals surface area (Å²) in [5.74, 6) is -0.492. The number of hydrogen-bond acceptors (Lipinski definition) is 4. The van der Waals surface area contributed by atoms with Crippen LogP contribution in [-0.4, -0.2) is 56.1 Å². The molecule has 0 aromatic heterocycles. The Bertz CT molecular complexity index is 928. The summed E-state index contributed by atoms with van der Waals surface area (Å²) in [6, 6.07) is 11.6. The van der Waals surface area contributed by atoms with Crippen molar-refractivity contribution in [1.82, 2.24) is 10.2 Å². The van der Waals surface area contributed by atoms with Crippen LogP contribution in [0.25, 0.3) is 0 Å². The van der Waals surface area contributed by atoms with E-state index in [1.165, 1.54) is 12.1 Å². The Morgan fingerprint density at radius 2 is 1.97 bits per heavy atom. The second-order valence-corrected chi connectivity index (χ2v) is 7.69. The molecule has 0 saturated carbocycles. The van der Waals surface area contributed by atoms with Gasteiger partial charge < -0.3 is 15.0 Å². The van der Waals surface area contributed by atoms with Crippen molar-refractivity contribution < 1.29 is 18.7 Å². The lowest BCUT2D eigenvalue weighted by Crippen LogP contribution is -2.38. The van der Waals surface area contributed by atoms with Gasteiger partial charge in [0.15, 0.2) is 0 Å². The molecule has 2 heterocycles. The molecule has 2 aromatic rings. The van der Waals surface area contributed by atoms with E-state index in [0.29, 0.717) is 18.7 Å². The molecule has 1 fully saturated rings. The first kappa shape index (κ1) is 20.5. The second-order valence-electron chi connectivity index (χ2n) is 7.69. The number of hydrogen-bond donors (Lipinski definition) is 1. The lowest BCUT2D eigenvalue weighted by molar-refractivity contribution is -0.117. The van der Waals surface area contributed by atoms with Gasteiger partial charge in [0.25, 0.3) is 5.91 Å². The smallest absolute Gasteiger partial charge is 0.251 e. The first-order valence-corrected chi connectivity index (χ1v) is 10.4. The Kier molecular flexibility index (Phi) is 6.40. The van der Waals surface area contributed by atoms with Crippen molar-refractivity contribution in [3.8, 4) is 0 Å². The average molecular weight is 411 g/mol. The number of amides is 2. The van der Waals surface area contributed by atoms with E-state index in [4.69, 9.17) is 4.74 Å². The van der Waals surface area contributed by atoms with Gasteiger partial charge in [-0.05, 0) is 54.4 Å². The van der Waals surface area contributed by atoms with Crippen LogP contribution in [-0.2, 0) is 22.5 Å². The first-order valence-electron chi connectivity index (χ1n) is 10.4. The lowest BCUT2D eigenvalue weighted by atomic mass is 10.1. The fourth-order valence-corrected chi connectivity index (χ4v) is 3.95.